The molecule has 0 aliphatic carbocycles. The number of nitrogens with zero attached hydrogens (tertiary/aromatic N) is 4. The maximum absolute atomic E-state index is 6.90. The molecule has 0 bridgehead atoms. The molecular weight excluding hydrogens is 817 g/mol. The van der Waals surface area contributed by atoms with Crippen LogP contribution in [-0.4, -0.2) is 19.5 Å². The third-order valence-corrected chi connectivity index (χ3v) is 13.3. The van der Waals surface area contributed by atoms with Crippen molar-refractivity contribution in [2.45, 2.75) is 6.92 Å². The minimum absolute atomic E-state index is 0.845. The molecule has 0 radical (unpaired) electrons. The normalized spacial score (nSPS) is 12.0. The van der Waals surface area contributed by atoms with Gasteiger partial charge in [0.15, 0.2) is 0 Å². The molecule has 314 valence electrons. The van der Waals surface area contributed by atoms with Gasteiger partial charge >= 0.3 is 0 Å². The Morgan fingerprint density at radius 3 is 1.84 bits per heavy atom. The third kappa shape index (κ3) is 6.13. The minimum Gasteiger partial charge on any atom is -0.455 e. The predicted molar refractivity (Wildman–Crippen MR) is 281 cm³/mol. The minimum atomic E-state index is 0.845. The summed E-state index contributed by atoms with van der Waals surface area (Å²) in [5.41, 5.74) is 16.6. The first-order chi connectivity index (χ1) is 33.1. The first kappa shape index (κ1) is 38.5. The van der Waals surface area contributed by atoms with Gasteiger partial charge in [-0.1, -0.05) is 158 Å². The Hall–Kier alpha value is -8.93. The fraction of sp³-hybridized carbons (Fsp3) is 0.0161. The molecule has 0 spiro atoms. The summed E-state index contributed by atoms with van der Waals surface area (Å²) in [6.07, 6.45) is 6.24. The van der Waals surface area contributed by atoms with Crippen LogP contribution in [0, 0.1) is 0 Å². The second-order valence-electron chi connectivity index (χ2n) is 17.1. The molecule has 5 nitrogen and oxygen atoms in total. The molecule has 0 aliphatic rings. The largest absolute Gasteiger partial charge is 0.455 e. The zero-order valence-corrected chi connectivity index (χ0v) is 36.6. The van der Waals surface area contributed by atoms with E-state index >= 15 is 0 Å². The van der Waals surface area contributed by atoms with Crippen LogP contribution in [0.4, 0.5) is 0 Å². The molecule has 8 aromatic carbocycles. The Labute approximate surface area is 386 Å². The van der Waals surface area contributed by atoms with Crippen molar-refractivity contribution in [2.24, 2.45) is 0 Å². The molecular formula is C62H40N4O. The van der Waals surface area contributed by atoms with E-state index < -0.39 is 0 Å². The van der Waals surface area contributed by atoms with Gasteiger partial charge in [-0.05, 0) is 73.2 Å². The van der Waals surface area contributed by atoms with Crippen molar-refractivity contribution in [3.63, 3.8) is 0 Å². The zero-order chi connectivity index (χ0) is 44.6. The SMILES string of the molecule is C=Cc1c(/C=C\C)n(-c2ccccc2)c2ccc(-c3nc4ccccc4c4c3cc(-c3ccc(-c5ccc6ccc7ccc(-c8ccccc8)nc7c6n5)cc3)c3oc5ccccc5c34)cc12. The lowest BCUT2D eigenvalue weighted by Crippen LogP contribution is -1.96. The molecule has 0 saturated carbocycles. The molecule has 0 fully saturated rings. The molecule has 0 atom stereocenters. The molecule has 0 amide bonds. The fourth-order valence-electron chi connectivity index (χ4n) is 10.2. The standard InChI is InChI=1S/C62H40N4O/c1-3-15-54-45(4-2)49-36-43(32-35-55(49)66(54)44-18-9-6-10-19-44)59-50-37-48(62-58(47-21-12-14-23-56(47)67-62)57(50)46-20-11-13-22-53(46)65-59)38-24-26-40(27-25-38)52-34-31-42-29-28-41-30-33-51(39-16-7-5-8-17-39)63-60(41)61(42)64-52/h3-37H,2H2,1H3/b15-3-. The van der Waals surface area contributed by atoms with E-state index in [9.17, 15) is 0 Å². The van der Waals surface area contributed by atoms with Crippen molar-refractivity contribution in [2.75, 3.05) is 0 Å². The Morgan fingerprint density at radius 1 is 0.507 bits per heavy atom. The van der Waals surface area contributed by atoms with E-state index in [1.165, 1.54) is 0 Å². The van der Waals surface area contributed by atoms with Gasteiger partial charge in [0.2, 0.25) is 0 Å². The average Bonchev–Trinajstić information content (AvgIpc) is 3.94. The first-order valence-electron chi connectivity index (χ1n) is 22.7. The monoisotopic (exact) mass is 856 g/mol. The van der Waals surface area contributed by atoms with Crippen molar-refractivity contribution in [1.29, 1.82) is 0 Å². The van der Waals surface area contributed by atoms with Gasteiger partial charge in [0.05, 0.1) is 44.8 Å². The lowest BCUT2D eigenvalue weighted by atomic mass is 9.91. The highest BCUT2D eigenvalue weighted by atomic mass is 16.3. The molecule has 0 saturated heterocycles. The van der Waals surface area contributed by atoms with Gasteiger partial charge < -0.3 is 8.98 Å². The number of fused-ring (bicyclic) bond motifs is 11. The number of aromatic nitrogens is 4. The Balaban J connectivity index is 1.01. The quantitative estimate of drug-likeness (QED) is 0.150. The number of furan rings is 1. The van der Waals surface area contributed by atoms with Gasteiger partial charge in [-0.3, -0.25) is 0 Å². The second-order valence-corrected chi connectivity index (χ2v) is 17.1. The van der Waals surface area contributed by atoms with Crippen molar-refractivity contribution >= 4 is 88.5 Å². The molecule has 0 unspecified atom stereocenters. The summed E-state index contributed by atoms with van der Waals surface area (Å²) >= 11 is 0. The van der Waals surface area contributed by atoms with Crippen LogP contribution in [-0.2, 0) is 0 Å². The smallest absolute Gasteiger partial charge is 0.143 e. The van der Waals surface area contributed by atoms with Crippen LogP contribution in [0.25, 0.3) is 139 Å². The third-order valence-electron chi connectivity index (χ3n) is 13.3. The first-order valence-corrected chi connectivity index (χ1v) is 22.7. The lowest BCUT2D eigenvalue weighted by Gasteiger charge is -2.15. The van der Waals surface area contributed by atoms with E-state index in [0.717, 1.165) is 138 Å². The number of allylic oxidation sites excluding steroid dienone is 1. The van der Waals surface area contributed by atoms with Gasteiger partial charge in [0.1, 0.15) is 11.2 Å². The highest BCUT2D eigenvalue weighted by Gasteiger charge is 2.23. The lowest BCUT2D eigenvalue weighted by molar-refractivity contribution is 0.670. The van der Waals surface area contributed by atoms with E-state index in [0.29, 0.717) is 0 Å². The summed E-state index contributed by atoms with van der Waals surface area (Å²) < 4.78 is 9.21. The van der Waals surface area contributed by atoms with Crippen LogP contribution >= 0.6 is 0 Å². The average molecular weight is 857 g/mol. The summed E-state index contributed by atoms with van der Waals surface area (Å²) in [5.74, 6) is 0. The van der Waals surface area contributed by atoms with Gasteiger partial charge in [0.25, 0.3) is 0 Å². The highest BCUT2D eigenvalue weighted by Crippen LogP contribution is 2.46. The van der Waals surface area contributed by atoms with Crippen LogP contribution in [0.15, 0.2) is 211 Å². The molecule has 5 heteroatoms. The Kier molecular flexibility index (Phi) is 8.83. The predicted octanol–water partition coefficient (Wildman–Crippen LogP) is 16.7. The zero-order valence-electron chi connectivity index (χ0n) is 36.6. The number of benzene rings is 8. The molecule has 13 aromatic rings. The number of hydrogen-bond donors (Lipinski definition) is 0. The van der Waals surface area contributed by atoms with Crippen LogP contribution in [0.3, 0.4) is 0 Å². The summed E-state index contributed by atoms with van der Waals surface area (Å²) in [6.45, 7) is 6.37. The van der Waals surface area contributed by atoms with E-state index in [1.807, 2.05) is 30.3 Å². The van der Waals surface area contributed by atoms with Gasteiger partial charge in [-0.2, -0.15) is 0 Å². The molecule has 5 aromatic heterocycles. The fourth-order valence-corrected chi connectivity index (χ4v) is 10.2. The van der Waals surface area contributed by atoms with E-state index in [4.69, 9.17) is 19.4 Å². The van der Waals surface area contributed by atoms with Crippen LogP contribution < -0.4 is 0 Å². The number of para-hydroxylation sites is 3. The molecule has 5 heterocycles. The van der Waals surface area contributed by atoms with E-state index in [1.54, 1.807) is 0 Å². The topological polar surface area (TPSA) is 56.7 Å². The van der Waals surface area contributed by atoms with Crippen LogP contribution in [0.1, 0.15) is 18.2 Å². The molecule has 13 rings (SSSR count). The summed E-state index contributed by atoms with van der Waals surface area (Å²) in [5, 5.41) is 8.63. The van der Waals surface area contributed by atoms with Crippen molar-refractivity contribution in [1.82, 2.24) is 19.5 Å². The molecule has 0 N–H and O–H groups in total. The summed E-state index contributed by atoms with van der Waals surface area (Å²) in [6, 6.07) is 68.2. The van der Waals surface area contributed by atoms with Crippen molar-refractivity contribution < 1.29 is 4.42 Å². The van der Waals surface area contributed by atoms with Gasteiger partial charge in [0, 0.05) is 76.6 Å². The van der Waals surface area contributed by atoms with Gasteiger partial charge in [-0.25, -0.2) is 15.0 Å². The van der Waals surface area contributed by atoms with Gasteiger partial charge in [-0.15, -0.1) is 0 Å². The Bertz CT molecular complexity index is 4160. The van der Waals surface area contributed by atoms with Crippen LogP contribution in [0.2, 0.25) is 0 Å². The summed E-state index contributed by atoms with van der Waals surface area (Å²) in [7, 11) is 0. The van der Waals surface area contributed by atoms with E-state index in [2.05, 4.69) is 200 Å². The second kappa shape index (κ2) is 15.4. The molecule has 0 aliphatic heterocycles. The number of hydrogen-bond acceptors (Lipinski definition) is 4. The van der Waals surface area contributed by atoms with Crippen molar-refractivity contribution in [3.05, 3.63) is 218 Å². The number of pyridine rings is 3. The Morgan fingerprint density at radius 2 is 1.12 bits per heavy atom. The summed E-state index contributed by atoms with van der Waals surface area (Å²) in [4.78, 5) is 15.9. The van der Waals surface area contributed by atoms with Crippen LogP contribution in [0.5, 0.6) is 0 Å². The van der Waals surface area contributed by atoms with Crippen molar-refractivity contribution in [3.8, 4) is 50.6 Å². The van der Waals surface area contributed by atoms with E-state index in [-0.39, 0.29) is 0 Å². The maximum Gasteiger partial charge on any atom is 0.143 e. The molecule has 67 heavy (non-hydrogen) atoms. The number of rotatable bonds is 7. The maximum atomic E-state index is 6.90. The highest BCUT2D eigenvalue weighted by molar-refractivity contribution is 6.30.